The number of sulfonamides is 1. The lowest BCUT2D eigenvalue weighted by Gasteiger charge is -2.15. The lowest BCUT2D eigenvalue weighted by atomic mass is 10.1. The number of rotatable bonds is 5. The highest BCUT2D eigenvalue weighted by Crippen LogP contribution is 2.20. The van der Waals surface area contributed by atoms with Crippen LogP contribution in [0.25, 0.3) is 0 Å². The second kappa shape index (κ2) is 6.48. The molecule has 21 heavy (non-hydrogen) atoms. The number of nitrogens with two attached hydrogens (primary N) is 1. The molecule has 0 amide bonds. The summed E-state index contributed by atoms with van der Waals surface area (Å²) in [5.41, 5.74) is -0.797. The number of halogens is 2. The fraction of sp³-hybridized carbons (Fsp3) is 0.462. The minimum atomic E-state index is -4.26. The van der Waals surface area contributed by atoms with E-state index in [1.807, 2.05) is 13.8 Å². The Bertz CT molecular complexity index is 644. The van der Waals surface area contributed by atoms with Crippen LogP contribution in [0.5, 0.6) is 0 Å². The number of carbonyl (C=O) groups is 1. The summed E-state index contributed by atoms with van der Waals surface area (Å²) in [7, 11) is -4.26. The van der Waals surface area contributed by atoms with E-state index in [4.69, 9.17) is 9.88 Å². The van der Waals surface area contributed by atoms with E-state index in [1.54, 1.807) is 6.92 Å². The Morgan fingerprint density at radius 2 is 1.86 bits per heavy atom. The van der Waals surface area contributed by atoms with Crippen molar-refractivity contribution >= 4 is 16.0 Å². The predicted octanol–water partition coefficient (Wildman–Crippen LogP) is 2.20. The van der Waals surface area contributed by atoms with Crippen molar-refractivity contribution in [3.8, 4) is 0 Å². The Balaban J connectivity index is 3.12. The molecular formula is C13H17F2NO4S. The average molecular weight is 321 g/mol. The minimum absolute atomic E-state index is 0.241. The highest BCUT2D eigenvalue weighted by molar-refractivity contribution is 7.89. The van der Waals surface area contributed by atoms with Crippen molar-refractivity contribution in [2.45, 2.75) is 38.2 Å². The van der Waals surface area contributed by atoms with Gasteiger partial charge in [0.1, 0.15) is 0 Å². The number of hydrogen-bond donors (Lipinski definition) is 1. The van der Waals surface area contributed by atoms with Crippen LogP contribution in [-0.4, -0.2) is 20.5 Å². The van der Waals surface area contributed by atoms with E-state index in [0.29, 0.717) is 18.6 Å². The Morgan fingerprint density at radius 1 is 1.29 bits per heavy atom. The first kappa shape index (κ1) is 17.5. The van der Waals surface area contributed by atoms with Crippen LogP contribution in [-0.2, 0) is 14.8 Å². The number of hydrogen-bond acceptors (Lipinski definition) is 4. The van der Waals surface area contributed by atoms with E-state index in [0.717, 1.165) is 0 Å². The summed E-state index contributed by atoms with van der Waals surface area (Å²) in [6.07, 6.45) is 0.0168. The molecule has 0 aromatic heterocycles. The Kier molecular flexibility index (Phi) is 5.41. The molecule has 2 N–H and O–H groups in total. The van der Waals surface area contributed by atoms with Gasteiger partial charge in [0.25, 0.3) is 0 Å². The van der Waals surface area contributed by atoms with Gasteiger partial charge < -0.3 is 4.74 Å². The largest absolute Gasteiger partial charge is 0.459 e. The van der Waals surface area contributed by atoms with Crippen molar-refractivity contribution in [2.75, 3.05) is 0 Å². The van der Waals surface area contributed by atoms with Gasteiger partial charge in [-0.3, -0.25) is 0 Å². The highest BCUT2D eigenvalue weighted by atomic mass is 32.2. The van der Waals surface area contributed by atoms with Crippen LogP contribution < -0.4 is 5.14 Å². The van der Waals surface area contributed by atoms with Crippen LogP contribution in [0.15, 0.2) is 17.0 Å². The van der Waals surface area contributed by atoms with Gasteiger partial charge in [0.05, 0.1) is 16.6 Å². The molecule has 1 aromatic carbocycles. The molecule has 1 atom stereocenters. The molecule has 8 heteroatoms. The average Bonchev–Trinajstić information content (AvgIpc) is 2.29. The molecule has 1 unspecified atom stereocenters. The number of esters is 1. The standard InChI is InChI=1S/C13H17F2NO4S/c1-7(2)4-8(3)20-13(17)10-5-9(21(16,18)19)6-11(14)12(10)15/h5-8H,4H2,1-3H3,(H2,16,18,19). The second-order valence-corrected chi connectivity index (χ2v) is 6.72. The Labute approximate surface area is 122 Å². The third kappa shape index (κ3) is 4.75. The first-order valence-corrected chi connectivity index (χ1v) is 7.79. The molecule has 0 bridgehead atoms. The maximum absolute atomic E-state index is 13.6. The summed E-state index contributed by atoms with van der Waals surface area (Å²) in [6, 6.07) is 1.08. The van der Waals surface area contributed by atoms with Crippen LogP contribution in [0.4, 0.5) is 8.78 Å². The molecule has 1 rings (SSSR count). The molecule has 0 heterocycles. The third-order valence-corrected chi connectivity index (χ3v) is 3.55. The van der Waals surface area contributed by atoms with Gasteiger partial charge in [-0.1, -0.05) is 13.8 Å². The molecule has 0 aliphatic rings. The van der Waals surface area contributed by atoms with Gasteiger partial charge in [-0.15, -0.1) is 0 Å². The second-order valence-electron chi connectivity index (χ2n) is 5.16. The number of primary sulfonamides is 1. The van der Waals surface area contributed by atoms with Crippen LogP contribution in [0.1, 0.15) is 37.6 Å². The minimum Gasteiger partial charge on any atom is -0.459 e. The zero-order valence-electron chi connectivity index (χ0n) is 11.9. The molecule has 0 aliphatic heterocycles. The van der Waals surface area contributed by atoms with Crippen molar-refractivity contribution in [3.63, 3.8) is 0 Å². The summed E-state index contributed by atoms with van der Waals surface area (Å²) in [6.45, 7) is 5.42. The number of carbonyl (C=O) groups excluding carboxylic acids is 1. The van der Waals surface area contributed by atoms with E-state index in [9.17, 15) is 22.0 Å². The fourth-order valence-electron chi connectivity index (χ4n) is 1.84. The third-order valence-electron chi connectivity index (χ3n) is 2.66. The Hall–Kier alpha value is -1.54. The normalized spacial score (nSPS) is 13.3. The number of ether oxygens (including phenoxy) is 1. The van der Waals surface area contributed by atoms with Crippen LogP contribution in [0.3, 0.4) is 0 Å². The molecule has 118 valence electrons. The maximum Gasteiger partial charge on any atom is 0.341 e. The van der Waals surface area contributed by atoms with Crippen LogP contribution in [0, 0.1) is 17.6 Å². The zero-order chi connectivity index (χ0) is 16.4. The molecule has 0 fully saturated rings. The number of benzene rings is 1. The fourth-order valence-corrected chi connectivity index (χ4v) is 2.39. The lowest BCUT2D eigenvalue weighted by molar-refractivity contribution is 0.0293. The van der Waals surface area contributed by atoms with Crippen LogP contribution >= 0.6 is 0 Å². The zero-order valence-corrected chi connectivity index (χ0v) is 12.7. The van der Waals surface area contributed by atoms with Gasteiger partial charge in [0, 0.05) is 0 Å². The molecule has 0 radical (unpaired) electrons. The van der Waals surface area contributed by atoms with E-state index in [-0.39, 0.29) is 5.92 Å². The van der Waals surface area contributed by atoms with Gasteiger partial charge in [-0.2, -0.15) is 0 Å². The van der Waals surface area contributed by atoms with E-state index in [1.165, 1.54) is 0 Å². The summed E-state index contributed by atoms with van der Waals surface area (Å²) in [5.74, 6) is -3.84. The van der Waals surface area contributed by atoms with Gasteiger partial charge in [0.15, 0.2) is 11.6 Å². The van der Waals surface area contributed by atoms with Gasteiger partial charge in [0.2, 0.25) is 10.0 Å². The van der Waals surface area contributed by atoms with Gasteiger partial charge >= 0.3 is 5.97 Å². The topological polar surface area (TPSA) is 86.5 Å². The van der Waals surface area contributed by atoms with E-state index < -0.39 is 44.2 Å². The molecule has 0 aliphatic carbocycles. The van der Waals surface area contributed by atoms with Gasteiger partial charge in [-0.25, -0.2) is 27.1 Å². The molecule has 1 aromatic rings. The quantitative estimate of drug-likeness (QED) is 0.842. The molecular weight excluding hydrogens is 304 g/mol. The van der Waals surface area contributed by atoms with Crippen molar-refractivity contribution in [2.24, 2.45) is 11.1 Å². The molecule has 0 saturated carbocycles. The van der Waals surface area contributed by atoms with Crippen molar-refractivity contribution < 1.29 is 26.7 Å². The lowest BCUT2D eigenvalue weighted by Crippen LogP contribution is -2.20. The highest BCUT2D eigenvalue weighted by Gasteiger charge is 2.23. The Morgan fingerprint density at radius 3 is 2.33 bits per heavy atom. The molecule has 0 spiro atoms. The van der Waals surface area contributed by atoms with E-state index >= 15 is 0 Å². The smallest absolute Gasteiger partial charge is 0.341 e. The summed E-state index contributed by atoms with van der Waals surface area (Å²) >= 11 is 0. The van der Waals surface area contributed by atoms with Crippen molar-refractivity contribution in [3.05, 3.63) is 29.3 Å². The first-order valence-electron chi connectivity index (χ1n) is 6.25. The van der Waals surface area contributed by atoms with Crippen molar-refractivity contribution in [1.82, 2.24) is 0 Å². The van der Waals surface area contributed by atoms with E-state index in [2.05, 4.69) is 0 Å². The molecule has 0 saturated heterocycles. The summed E-state index contributed by atoms with van der Waals surface area (Å²) < 4.78 is 54.3. The molecule has 5 nitrogen and oxygen atoms in total. The van der Waals surface area contributed by atoms with Crippen molar-refractivity contribution in [1.29, 1.82) is 0 Å². The summed E-state index contributed by atoms with van der Waals surface area (Å²) in [5, 5.41) is 4.84. The van der Waals surface area contributed by atoms with Crippen LogP contribution in [0.2, 0.25) is 0 Å². The first-order chi connectivity index (χ1) is 9.52. The SMILES string of the molecule is CC(C)CC(C)OC(=O)c1cc(S(N)(=O)=O)cc(F)c1F. The monoisotopic (exact) mass is 321 g/mol. The summed E-state index contributed by atoms with van der Waals surface area (Å²) in [4.78, 5) is 11.1. The van der Waals surface area contributed by atoms with Gasteiger partial charge in [-0.05, 0) is 31.4 Å². The maximum atomic E-state index is 13.6. The predicted molar refractivity (Wildman–Crippen MR) is 72.1 cm³/mol.